The molecule has 1 saturated heterocycles. The molecule has 0 saturated carbocycles. The number of ether oxygens (including phenoxy) is 2. The number of rotatable bonds is 0. The van der Waals surface area contributed by atoms with Crippen LogP contribution in [0.15, 0.2) is 0 Å². The molecule has 8 heavy (non-hydrogen) atoms. The fourth-order valence-corrected chi connectivity index (χ4v) is 0.440. The average Bonchev–Trinajstić information content (AvgIpc) is 1.72. The molecule has 0 atom stereocenters. The molecule has 1 aliphatic rings. The third-order valence-electron chi connectivity index (χ3n) is 0.744. The van der Waals surface area contributed by atoms with Gasteiger partial charge in [-0.25, -0.2) is 0 Å². The summed E-state index contributed by atoms with van der Waals surface area (Å²) in [5, 5.41) is 0. The predicted octanol–water partition coefficient (Wildman–Crippen LogP) is -1.26. The van der Waals surface area contributed by atoms with Crippen LogP contribution >= 0.6 is 0 Å². The van der Waals surface area contributed by atoms with Gasteiger partial charge >= 0.3 is 59.1 Å². The van der Waals surface area contributed by atoms with E-state index in [1.54, 1.807) is 0 Å². The van der Waals surface area contributed by atoms with Crippen molar-refractivity contribution in [3.05, 3.63) is 0 Å². The van der Waals surface area contributed by atoms with Gasteiger partial charge in [-0.2, -0.15) is 0 Å². The molecule has 1 rings (SSSR count). The summed E-state index contributed by atoms with van der Waals surface area (Å²) < 4.78 is 9.89. The van der Waals surface area contributed by atoms with Gasteiger partial charge in [0.1, 0.15) is 0 Å². The van der Waals surface area contributed by atoms with Crippen LogP contribution in [0, 0.1) is 0 Å². The molecule has 0 radical (unpaired) electrons. The Morgan fingerprint density at radius 2 is 0.875 bits per heavy atom. The van der Waals surface area contributed by atoms with Crippen LogP contribution in [0.3, 0.4) is 0 Å². The van der Waals surface area contributed by atoms with E-state index < -0.39 is 0 Å². The molecule has 0 aromatic heterocycles. The maximum atomic E-state index is 4.94. The summed E-state index contributed by atoms with van der Waals surface area (Å²) in [5.74, 6) is 0. The van der Waals surface area contributed by atoms with Gasteiger partial charge in [0.25, 0.3) is 0 Å². The third-order valence-corrected chi connectivity index (χ3v) is 0.744. The van der Waals surface area contributed by atoms with Crippen molar-refractivity contribution in [3.8, 4) is 0 Å². The Morgan fingerprint density at radius 1 is 0.625 bits per heavy atom. The van der Waals surface area contributed by atoms with Crippen molar-refractivity contribution in [1.82, 2.24) is 0 Å². The van der Waals surface area contributed by atoms with E-state index in [0.717, 1.165) is 26.4 Å². The van der Waals surface area contributed by atoms with E-state index in [9.17, 15) is 0 Å². The molecule has 0 spiro atoms. The molecule has 0 bridgehead atoms. The van der Waals surface area contributed by atoms with Gasteiger partial charge in [-0.1, -0.05) is 0 Å². The average molecular weight is 136 g/mol. The van der Waals surface area contributed by atoms with E-state index in [0.29, 0.717) is 0 Å². The number of hydrogen-bond donors (Lipinski definition) is 0. The van der Waals surface area contributed by atoms with Crippen LogP contribution in [0.4, 0.5) is 0 Å². The first-order chi connectivity index (χ1) is 3.00. The van der Waals surface area contributed by atoms with Crippen LogP contribution in [0.2, 0.25) is 0 Å². The second-order valence-corrected chi connectivity index (χ2v) is 1.22. The fourth-order valence-electron chi connectivity index (χ4n) is 0.440. The fraction of sp³-hybridized carbons (Fsp3) is 1.00. The molecular weight excluding hydrogens is 126 g/mol. The molecule has 4 heteroatoms. The second kappa shape index (κ2) is 8.92. The van der Waals surface area contributed by atoms with Gasteiger partial charge in [-0.15, -0.1) is 0 Å². The molecule has 40 valence electrons. The van der Waals surface area contributed by atoms with Gasteiger partial charge in [0.2, 0.25) is 0 Å². The van der Waals surface area contributed by atoms with Gasteiger partial charge in [0, 0.05) is 0 Å². The van der Waals surface area contributed by atoms with Crippen molar-refractivity contribution >= 4 is 59.1 Å². The van der Waals surface area contributed by atoms with Gasteiger partial charge in [0.05, 0.1) is 26.4 Å². The Kier molecular flexibility index (Phi) is 14.0. The van der Waals surface area contributed by atoms with Crippen LogP contribution in [0.1, 0.15) is 0 Å². The van der Waals surface area contributed by atoms with Crippen LogP contribution < -0.4 is 0 Å². The zero-order chi connectivity index (χ0) is 4.24. The molecular formula is C4H10Na2O2. The summed E-state index contributed by atoms with van der Waals surface area (Å²) in [6.07, 6.45) is 0. The maximum absolute atomic E-state index is 4.94. The Balaban J connectivity index is 0. The Labute approximate surface area is 93.9 Å². The molecule has 1 fully saturated rings. The second-order valence-electron chi connectivity index (χ2n) is 1.22. The summed E-state index contributed by atoms with van der Waals surface area (Å²) in [6, 6.07) is 0. The molecule has 1 heterocycles. The molecule has 0 aromatic rings. The van der Waals surface area contributed by atoms with Crippen molar-refractivity contribution in [2.75, 3.05) is 26.4 Å². The van der Waals surface area contributed by atoms with E-state index >= 15 is 0 Å². The zero-order valence-corrected chi connectivity index (χ0v) is 3.64. The molecule has 0 aromatic carbocycles. The summed E-state index contributed by atoms with van der Waals surface area (Å²) >= 11 is 0. The molecule has 1 aliphatic heterocycles. The van der Waals surface area contributed by atoms with Gasteiger partial charge in [-0.3, -0.25) is 0 Å². The minimum absolute atomic E-state index is 0. The Hall–Kier alpha value is 1.92. The van der Waals surface area contributed by atoms with Crippen LogP contribution in [0.5, 0.6) is 0 Å². The SMILES string of the molecule is C1COCCO1.[NaH].[NaH]. The minimum atomic E-state index is 0. The van der Waals surface area contributed by atoms with Crippen LogP contribution in [-0.2, 0) is 9.47 Å². The normalized spacial score (nSPS) is 18.0. The van der Waals surface area contributed by atoms with Crippen LogP contribution in [0.25, 0.3) is 0 Å². The van der Waals surface area contributed by atoms with Crippen LogP contribution in [-0.4, -0.2) is 85.5 Å². The summed E-state index contributed by atoms with van der Waals surface area (Å²) in [4.78, 5) is 0. The third kappa shape index (κ3) is 6.05. The van der Waals surface area contributed by atoms with Gasteiger partial charge in [-0.05, 0) is 0 Å². The first-order valence-electron chi connectivity index (χ1n) is 2.15. The van der Waals surface area contributed by atoms with E-state index in [1.165, 1.54) is 0 Å². The first-order valence-corrected chi connectivity index (χ1v) is 2.15. The Morgan fingerprint density at radius 3 is 1.00 bits per heavy atom. The monoisotopic (exact) mass is 136 g/mol. The quantitative estimate of drug-likeness (QED) is 0.387. The van der Waals surface area contributed by atoms with Crippen molar-refractivity contribution < 1.29 is 9.47 Å². The van der Waals surface area contributed by atoms with Gasteiger partial charge in [0.15, 0.2) is 0 Å². The predicted molar refractivity (Wildman–Crippen MR) is 35.9 cm³/mol. The van der Waals surface area contributed by atoms with Crippen molar-refractivity contribution in [3.63, 3.8) is 0 Å². The van der Waals surface area contributed by atoms with Crippen molar-refractivity contribution in [2.45, 2.75) is 0 Å². The van der Waals surface area contributed by atoms with E-state index in [4.69, 9.17) is 9.47 Å². The molecule has 2 nitrogen and oxygen atoms in total. The van der Waals surface area contributed by atoms with Crippen molar-refractivity contribution in [2.24, 2.45) is 0 Å². The molecule has 0 unspecified atom stereocenters. The summed E-state index contributed by atoms with van der Waals surface area (Å²) in [7, 11) is 0. The van der Waals surface area contributed by atoms with Gasteiger partial charge < -0.3 is 9.47 Å². The van der Waals surface area contributed by atoms with E-state index in [1.807, 2.05) is 0 Å². The summed E-state index contributed by atoms with van der Waals surface area (Å²) in [5.41, 5.74) is 0. The first kappa shape index (κ1) is 12.6. The molecule has 0 amide bonds. The molecule has 0 aliphatic carbocycles. The summed E-state index contributed by atoms with van der Waals surface area (Å²) in [6.45, 7) is 3.11. The van der Waals surface area contributed by atoms with E-state index in [-0.39, 0.29) is 59.1 Å². The van der Waals surface area contributed by atoms with Crippen molar-refractivity contribution in [1.29, 1.82) is 0 Å². The van der Waals surface area contributed by atoms with E-state index in [2.05, 4.69) is 0 Å². The number of hydrogen-bond acceptors (Lipinski definition) is 2. The standard InChI is InChI=1S/C4H8O2.2Na.2H/c1-2-6-4-3-5-1;;;;/h1-4H2;;;;. The topological polar surface area (TPSA) is 18.5 Å². The Bertz CT molecular complexity index is 27.5. The molecule has 0 N–H and O–H groups in total. The zero-order valence-electron chi connectivity index (χ0n) is 3.64.